The Morgan fingerprint density at radius 1 is 0.735 bits per heavy atom. The van der Waals surface area contributed by atoms with Crippen molar-refractivity contribution in [3.05, 3.63) is 29.8 Å². The summed E-state index contributed by atoms with van der Waals surface area (Å²) in [6.07, 6.45) is 2.75. The predicted octanol–water partition coefficient (Wildman–Crippen LogP) is -3.02. The number of carbonyl (C=O) groups excluding carboxylic acids is 8. The molecule has 380 valence electrons. The molecule has 0 aliphatic carbocycles. The number of benzene rings is 1. The molecule has 8 amide bonds. The van der Waals surface area contributed by atoms with Gasteiger partial charge in [-0.05, 0) is 81.4 Å². The molecule has 2 rings (SSSR count). The normalized spacial score (nSPS) is 15.9. The standard InChI is InChI=1S/C44H75N15O9/c1-6-10-29(37(63)56-32(23-27-15-17-28(61)18-16-27)39(65)57-33(24-45)41(67)58(5)34(36(46)62)19-14-25(2)3)54-38(64)30(11-7-20-51-43(47)48)55-40(66)35-13-9-22-59(35)42(68)31(53-26(4)60)12-8-21-52-44(49)50/h15-18,25,29-35,61H,6-14,19-24,45H2,1-5H3,(H2,46,62)(H,53,60)(H,54,64)(H,55,66)(H,56,63)(H,57,65)(H4,47,48,51)(H4,49,50,52)/t29-,30-,31-,32-,33-,34-,35-/m0/s1. The maximum atomic E-state index is 14.2. The largest absolute Gasteiger partial charge is 0.508 e. The number of aromatic hydroxyl groups is 1. The van der Waals surface area contributed by atoms with E-state index in [2.05, 4.69) is 36.6 Å². The quantitative estimate of drug-likeness (QED) is 0.0216. The molecule has 7 atom stereocenters. The molecular formula is C44H75N15O9. The Morgan fingerprint density at radius 2 is 1.26 bits per heavy atom. The van der Waals surface area contributed by atoms with Gasteiger partial charge in [0.25, 0.3) is 0 Å². The zero-order valence-corrected chi connectivity index (χ0v) is 40.0. The van der Waals surface area contributed by atoms with E-state index in [1.807, 2.05) is 13.8 Å². The third-order valence-corrected chi connectivity index (χ3v) is 11.3. The lowest BCUT2D eigenvalue weighted by Gasteiger charge is -2.31. The molecule has 18 N–H and O–H groups in total. The summed E-state index contributed by atoms with van der Waals surface area (Å²) in [4.78, 5) is 119. The molecule has 1 aromatic rings. The van der Waals surface area contributed by atoms with E-state index in [0.29, 0.717) is 31.2 Å². The van der Waals surface area contributed by atoms with Gasteiger partial charge in [0.2, 0.25) is 47.3 Å². The molecule has 0 unspecified atom stereocenters. The number of guanidine groups is 2. The van der Waals surface area contributed by atoms with E-state index in [1.54, 1.807) is 19.1 Å². The summed E-state index contributed by atoms with van der Waals surface area (Å²) in [6, 6.07) is -2.21. The molecule has 0 saturated carbocycles. The minimum absolute atomic E-state index is 0.0116. The van der Waals surface area contributed by atoms with E-state index >= 15 is 0 Å². The van der Waals surface area contributed by atoms with Gasteiger partial charge in [-0.1, -0.05) is 39.3 Å². The van der Waals surface area contributed by atoms with Crippen molar-refractivity contribution in [3.63, 3.8) is 0 Å². The Morgan fingerprint density at radius 3 is 1.78 bits per heavy atom. The molecule has 0 radical (unpaired) electrons. The molecule has 24 nitrogen and oxygen atoms in total. The number of nitrogens with zero attached hydrogens (tertiary/aromatic N) is 4. The predicted molar refractivity (Wildman–Crippen MR) is 255 cm³/mol. The van der Waals surface area contributed by atoms with Crippen molar-refractivity contribution < 1.29 is 43.5 Å². The van der Waals surface area contributed by atoms with Crippen molar-refractivity contribution >= 4 is 59.2 Å². The van der Waals surface area contributed by atoms with Crippen LogP contribution in [-0.2, 0) is 44.8 Å². The third-order valence-electron chi connectivity index (χ3n) is 11.3. The number of phenolic OH excluding ortho intramolecular Hbond substituents is 1. The van der Waals surface area contributed by atoms with Crippen LogP contribution in [0.1, 0.15) is 97.5 Å². The first kappa shape index (κ1) is 57.4. The number of amides is 8. The zero-order chi connectivity index (χ0) is 51.1. The number of phenols is 1. The molecule has 1 aliphatic rings. The summed E-state index contributed by atoms with van der Waals surface area (Å²) in [5, 5.41) is 23.3. The second-order valence-corrected chi connectivity index (χ2v) is 17.3. The summed E-state index contributed by atoms with van der Waals surface area (Å²) in [6.45, 7) is 7.12. The van der Waals surface area contributed by atoms with Crippen molar-refractivity contribution in [2.45, 2.75) is 141 Å². The summed E-state index contributed by atoms with van der Waals surface area (Å²) >= 11 is 0. The molecule has 1 saturated heterocycles. The van der Waals surface area contributed by atoms with E-state index in [-0.39, 0.29) is 94.7 Å². The highest BCUT2D eigenvalue weighted by Crippen LogP contribution is 2.21. The summed E-state index contributed by atoms with van der Waals surface area (Å²) in [5.74, 6) is -5.44. The number of hydrogen-bond acceptors (Lipinski definition) is 12. The van der Waals surface area contributed by atoms with Crippen LogP contribution in [-0.4, -0.2) is 150 Å². The molecule has 68 heavy (non-hydrogen) atoms. The van der Waals surface area contributed by atoms with Crippen molar-refractivity contribution in [1.82, 2.24) is 36.4 Å². The van der Waals surface area contributed by atoms with Gasteiger partial charge in [-0.15, -0.1) is 0 Å². The zero-order valence-electron chi connectivity index (χ0n) is 40.0. The number of likely N-dealkylation sites (N-methyl/N-ethyl adjacent to an activating group) is 1. The van der Waals surface area contributed by atoms with Crippen molar-refractivity contribution in [2.75, 3.05) is 33.2 Å². The smallest absolute Gasteiger partial charge is 0.246 e. The molecule has 24 heteroatoms. The number of hydrogen-bond donors (Lipinski definition) is 12. The van der Waals surface area contributed by atoms with E-state index in [9.17, 15) is 43.5 Å². The van der Waals surface area contributed by atoms with E-state index < -0.39 is 89.6 Å². The highest BCUT2D eigenvalue weighted by molar-refractivity contribution is 5.98. The maximum Gasteiger partial charge on any atom is 0.246 e. The van der Waals surface area contributed by atoms with Crippen LogP contribution >= 0.6 is 0 Å². The Bertz CT molecular complexity index is 1920. The van der Waals surface area contributed by atoms with E-state index in [4.69, 9.17) is 34.4 Å². The van der Waals surface area contributed by atoms with Crippen LogP contribution in [0, 0.1) is 5.92 Å². The Balaban J connectivity index is 2.39. The van der Waals surface area contributed by atoms with Gasteiger partial charge >= 0.3 is 0 Å². The lowest BCUT2D eigenvalue weighted by atomic mass is 10.0. The fourth-order valence-electron chi connectivity index (χ4n) is 7.64. The number of nitrogens with two attached hydrogens (primary N) is 6. The molecule has 1 aromatic carbocycles. The van der Waals surface area contributed by atoms with Crippen molar-refractivity contribution in [1.29, 1.82) is 0 Å². The highest BCUT2D eigenvalue weighted by atomic mass is 16.3. The molecule has 0 bridgehead atoms. The van der Waals surface area contributed by atoms with Gasteiger partial charge in [-0.3, -0.25) is 48.3 Å². The van der Waals surface area contributed by atoms with Crippen LogP contribution in [0.3, 0.4) is 0 Å². The molecule has 1 aliphatic heterocycles. The second-order valence-electron chi connectivity index (χ2n) is 17.3. The Hall–Kier alpha value is -6.72. The minimum Gasteiger partial charge on any atom is -0.508 e. The fourth-order valence-corrected chi connectivity index (χ4v) is 7.64. The lowest BCUT2D eigenvalue weighted by molar-refractivity contribution is -0.142. The Kier molecular flexibility index (Phi) is 24.6. The summed E-state index contributed by atoms with van der Waals surface area (Å²) in [5.41, 5.74) is 34.0. The number of rotatable bonds is 29. The van der Waals surface area contributed by atoms with Crippen LogP contribution in [0.2, 0.25) is 0 Å². The molecule has 1 fully saturated rings. The lowest BCUT2D eigenvalue weighted by Crippen LogP contribution is -2.61. The molecule has 0 spiro atoms. The number of aliphatic imine (C=N–C) groups is 2. The Labute approximate surface area is 397 Å². The van der Waals surface area contributed by atoms with Gasteiger partial charge < -0.3 is 75.9 Å². The average Bonchev–Trinajstić information content (AvgIpc) is 3.77. The van der Waals surface area contributed by atoms with Crippen molar-refractivity contribution in [3.8, 4) is 5.75 Å². The van der Waals surface area contributed by atoms with Gasteiger partial charge in [0.15, 0.2) is 11.9 Å². The van der Waals surface area contributed by atoms with Crippen molar-refractivity contribution in [2.24, 2.45) is 50.3 Å². The van der Waals surface area contributed by atoms with Gasteiger partial charge in [0.1, 0.15) is 48.0 Å². The first-order chi connectivity index (χ1) is 32.1. The average molecular weight is 958 g/mol. The third kappa shape index (κ3) is 19.6. The summed E-state index contributed by atoms with van der Waals surface area (Å²) < 4.78 is 0. The minimum atomic E-state index is -1.35. The van der Waals surface area contributed by atoms with E-state index in [1.165, 1.54) is 31.0 Å². The maximum absolute atomic E-state index is 14.2. The molecule has 0 aromatic heterocycles. The van der Waals surface area contributed by atoms with E-state index in [0.717, 1.165) is 4.90 Å². The van der Waals surface area contributed by atoms with Crippen LogP contribution in [0.25, 0.3) is 0 Å². The number of nitrogens with one attached hydrogen (secondary N) is 5. The number of likely N-dealkylation sites (tertiary alicyclic amines) is 1. The van der Waals surface area contributed by atoms with Crippen LogP contribution in [0.15, 0.2) is 34.3 Å². The van der Waals surface area contributed by atoms with Crippen LogP contribution < -0.4 is 61.0 Å². The number of primary amides is 1. The van der Waals surface area contributed by atoms with Gasteiger partial charge in [0, 0.05) is 46.6 Å². The first-order valence-electron chi connectivity index (χ1n) is 23.0. The van der Waals surface area contributed by atoms with Crippen LogP contribution in [0.4, 0.5) is 0 Å². The van der Waals surface area contributed by atoms with Gasteiger partial charge in [-0.2, -0.15) is 0 Å². The second kappa shape index (κ2) is 29.1. The van der Waals surface area contributed by atoms with Gasteiger partial charge in [0.05, 0.1) is 0 Å². The molecular weight excluding hydrogens is 883 g/mol. The highest BCUT2D eigenvalue weighted by Gasteiger charge is 2.39. The van der Waals surface area contributed by atoms with Gasteiger partial charge in [-0.25, -0.2) is 0 Å². The molecule has 1 heterocycles. The number of carbonyl (C=O) groups is 8. The fraction of sp³-hybridized carbons (Fsp3) is 0.636. The van der Waals surface area contributed by atoms with Crippen LogP contribution in [0.5, 0.6) is 5.75 Å². The SMILES string of the molecule is CCC[C@H](NC(=O)[C@H](CCCN=C(N)N)NC(=O)[C@@H]1CCCN1C(=O)[C@H](CCCN=C(N)N)NC(C)=O)C(=O)N[C@@H](Cc1ccc(O)cc1)C(=O)N[C@@H](CN)C(=O)N(C)[C@@H](CCC(C)C)C(N)=O. The topological polar surface area (TPSA) is 404 Å². The monoisotopic (exact) mass is 958 g/mol. The first-order valence-corrected chi connectivity index (χ1v) is 23.0. The summed E-state index contributed by atoms with van der Waals surface area (Å²) in [7, 11) is 1.39.